The van der Waals surface area contributed by atoms with Crippen molar-refractivity contribution in [3.05, 3.63) is 42.0 Å². The highest BCUT2D eigenvalue weighted by Crippen LogP contribution is 2.32. The van der Waals surface area contributed by atoms with E-state index in [1.54, 1.807) is 0 Å². The molecule has 146 valence electrons. The number of ether oxygens (including phenoxy) is 1. The smallest absolute Gasteiger partial charge is 0.119 e. The summed E-state index contributed by atoms with van der Waals surface area (Å²) in [6, 6.07) is 8.68. The van der Waals surface area contributed by atoms with Crippen LogP contribution in [0, 0.1) is 11.8 Å². The second kappa shape index (κ2) is 13.0. The van der Waals surface area contributed by atoms with Crippen LogP contribution < -0.4 is 4.74 Å². The third-order valence-corrected chi connectivity index (χ3v) is 5.81. The van der Waals surface area contributed by atoms with Crippen molar-refractivity contribution < 1.29 is 4.74 Å². The van der Waals surface area contributed by atoms with Gasteiger partial charge in [0, 0.05) is 0 Å². The van der Waals surface area contributed by atoms with Crippen molar-refractivity contribution in [1.29, 1.82) is 0 Å². The summed E-state index contributed by atoms with van der Waals surface area (Å²) in [4.78, 5) is 0. The van der Waals surface area contributed by atoms with Gasteiger partial charge in [-0.1, -0.05) is 70.2 Å². The Labute approximate surface area is 162 Å². The Morgan fingerprint density at radius 3 is 2.35 bits per heavy atom. The van der Waals surface area contributed by atoms with Crippen molar-refractivity contribution in [2.24, 2.45) is 11.8 Å². The van der Waals surface area contributed by atoms with Gasteiger partial charge in [0.1, 0.15) is 5.75 Å². The first kappa shape index (κ1) is 21.1. The molecule has 0 bridgehead atoms. The largest absolute Gasteiger partial charge is 0.494 e. The monoisotopic (exact) mass is 356 g/mol. The van der Waals surface area contributed by atoms with Crippen LogP contribution >= 0.6 is 0 Å². The Balaban J connectivity index is 1.59. The van der Waals surface area contributed by atoms with Crippen molar-refractivity contribution in [2.45, 2.75) is 90.9 Å². The topological polar surface area (TPSA) is 9.23 Å². The van der Waals surface area contributed by atoms with Gasteiger partial charge in [0.2, 0.25) is 0 Å². The zero-order valence-electron chi connectivity index (χ0n) is 17.2. The van der Waals surface area contributed by atoms with Crippen LogP contribution in [-0.2, 0) is 6.42 Å². The van der Waals surface area contributed by atoms with Gasteiger partial charge in [-0.3, -0.25) is 0 Å². The van der Waals surface area contributed by atoms with E-state index in [1.807, 2.05) is 0 Å². The van der Waals surface area contributed by atoms with Crippen molar-refractivity contribution in [2.75, 3.05) is 6.61 Å². The molecule has 0 saturated heterocycles. The standard InChI is InChI=1S/C25H40O/c1-3-5-7-10-22-13-15-23(16-14-22)11-8-9-12-24-17-19-25(20-18-24)26-21-6-4-2/h8,11,17-20,22-23H,3-7,9-10,12-16,21H2,1-2H3. The molecule has 1 aromatic carbocycles. The molecule has 0 radical (unpaired) electrons. The highest BCUT2D eigenvalue weighted by Gasteiger charge is 2.18. The molecule has 0 heterocycles. The summed E-state index contributed by atoms with van der Waals surface area (Å²) in [7, 11) is 0. The molecule has 1 nitrogen and oxygen atoms in total. The van der Waals surface area contributed by atoms with Gasteiger partial charge >= 0.3 is 0 Å². The van der Waals surface area contributed by atoms with Gasteiger partial charge in [0.15, 0.2) is 0 Å². The first-order valence-electron chi connectivity index (χ1n) is 11.2. The van der Waals surface area contributed by atoms with Crippen LogP contribution in [-0.4, -0.2) is 6.61 Å². The Morgan fingerprint density at radius 2 is 1.65 bits per heavy atom. The molecule has 0 aromatic heterocycles. The number of rotatable bonds is 12. The number of aryl methyl sites for hydroxylation is 1. The second-order valence-electron chi connectivity index (χ2n) is 8.09. The van der Waals surface area contributed by atoms with Crippen LogP contribution in [0.1, 0.15) is 90.0 Å². The van der Waals surface area contributed by atoms with E-state index in [0.29, 0.717) is 0 Å². The first-order chi connectivity index (χ1) is 12.8. The molecule has 0 amide bonds. The zero-order chi connectivity index (χ0) is 18.5. The van der Waals surface area contributed by atoms with E-state index in [4.69, 9.17) is 4.74 Å². The predicted molar refractivity (Wildman–Crippen MR) is 114 cm³/mol. The van der Waals surface area contributed by atoms with Gasteiger partial charge in [0.25, 0.3) is 0 Å². The van der Waals surface area contributed by atoms with E-state index in [0.717, 1.165) is 43.5 Å². The Kier molecular flexibility index (Phi) is 10.5. The minimum Gasteiger partial charge on any atom is -0.494 e. The third kappa shape index (κ3) is 8.43. The summed E-state index contributed by atoms with van der Waals surface area (Å²) in [6.07, 6.45) is 21.0. The summed E-state index contributed by atoms with van der Waals surface area (Å²) >= 11 is 0. The minimum atomic E-state index is 0.833. The lowest BCUT2D eigenvalue weighted by molar-refractivity contribution is 0.289. The molecular weight excluding hydrogens is 316 g/mol. The van der Waals surface area contributed by atoms with Gasteiger partial charge in [-0.15, -0.1) is 0 Å². The molecule has 1 aliphatic rings. The quantitative estimate of drug-likeness (QED) is 0.275. The summed E-state index contributed by atoms with van der Waals surface area (Å²) in [5.41, 5.74) is 1.41. The number of unbranched alkanes of at least 4 members (excludes halogenated alkanes) is 3. The Morgan fingerprint density at radius 1 is 0.923 bits per heavy atom. The van der Waals surface area contributed by atoms with Gasteiger partial charge in [-0.2, -0.15) is 0 Å². The summed E-state index contributed by atoms with van der Waals surface area (Å²) in [6.45, 7) is 5.33. The normalized spacial score (nSPS) is 20.5. The van der Waals surface area contributed by atoms with Crippen LogP contribution in [0.4, 0.5) is 0 Å². The SMILES string of the molecule is CCCCCC1CCC(C=CCCc2ccc(OCCCC)cc2)CC1. The van der Waals surface area contributed by atoms with Crippen LogP contribution in [0.3, 0.4) is 0 Å². The zero-order valence-corrected chi connectivity index (χ0v) is 17.2. The van der Waals surface area contributed by atoms with Gasteiger partial charge in [-0.25, -0.2) is 0 Å². The Hall–Kier alpha value is -1.24. The molecule has 0 aliphatic heterocycles. The molecular formula is C25H40O. The fourth-order valence-electron chi connectivity index (χ4n) is 3.98. The average Bonchev–Trinajstić information content (AvgIpc) is 2.68. The van der Waals surface area contributed by atoms with E-state index in [9.17, 15) is 0 Å². The molecule has 1 aliphatic carbocycles. The fourth-order valence-corrected chi connectivity index (χ4v) is 3.98. The molecule has 1 saturated carbocycles. The number of allylic oxidation sites excluding steroid dienone is 2. The lowest BCUT2D eigenvalue weighted by Crippen LogP contribution is -2.13. The van der Waals surface area contributed by atoms with Crippen LogP contribution in [0.15, 0.2) is 36.4 Å². The molecule has 26 heavy (non-hydrogen) atoms. The molecule has 0 atom stereocenters. The maximum atomic E-state index is 5.73. The third-order valence-electron chi connectivity index (χ3n) is 5.81. The van der Waals surface area contributed by atoms with Gasteiger partial charge in [0.05, 0.1) is 6.61 Å². The maximum Gasteiger partial charge on any atom is 0.119 e. The molecule has 0 N–H and O–H groups in total. The van der Waals surface area contributed by atoms with Crippen LogP contribution in [0.25, 0.3) is 0 Å². The lowest BCUT2D eigenvalue weighted by atomic mass is 9.79. The fraction of sp³-hybridized carbons (Fsp3) is 0.680. The van der Waals surface area contributed by atoms with Crippen LogP contribution in [0.2, 0.25) is 0 Å². The van der Waals surface area contributed by atoms with Crippen molar-refractivity contribution >= 4 is 0 Å². The molecule has 0 unspecified atom stereocenters. The van der Waals surface area contributed by atoms with Gasteiger partial charge in [-0.05, 0) is 74.5 Å². The van der Waals surface area contributed by atoms with E-state index in [-0.39, 0.29) is 0 Å². The minimum absolute atomic E-state index is 0.833. The summed E-state index contributed by atoms with van der Waals surface area (Å²) in [5.74, 6) is 2.87. The summed E-state index contributed by atoms with van der Waals surface area (Å²) < 4.78 is 5.73. The number of hydrogen-bond acceptors (Lipinski definition) is 1. The average molecular weight is 357 g/mol. The lowest BCUT2D eigenvalue weighted by Gasteiger charge is -2.26. The molecule has 1 fully saturated rings. The first-order valence-corrected chi connectivity index (χ1v) is 11.2. The second-order valence-corrected chi connectivity index (χ2v) is 8.09. The molecule has 0 spiro atoms. The number of hydrogen-bond donors (Lipinski definition) is 0. The van der Waals surface area contributed by atoms with E-state index in [1.165, 1.54) is 63.4 Å². The van der Waals surface area contributed by atoms with Crippen molar-refractivity contribution in [3.63, 3.8) is 0 Å². The highest BCUT2D eigenvalue weighted by atomic mass is 16.5. The van der Waals surface area contributed by atoms with E-state index >= 15 is 0 Å². The van der Waals surface area contributed by atoms with E-state index < -0.39 is 0 Å². The molecule has 1 heteroatoms. The predicted octanol–water partition coefficient (Wildman–Crippen LogP) is 7.74. The highest BCUT2D eigenvalue weighted by molar-refractivity contribution is 5.27. The molecule has 1 aromatic rings. The van der Waals surface area contributed by atoms with Gasteiger partial charge < -0.3 is 4.74 Å². The molecule has 2 rings (SSSR count). The van der Waals surface area contributed by atoms with Crippen molar-refractivity contribution in [3.8, 4) is 5.75 Å². The summed E-state index contributed by atoms with van der Waals surface area (Å²) in [5, 5.41) is 0. The van der Waals surface area contributed by atoms with Crippen molar-refractivity contribution in [1.82, 2.24) is 0 Å². The maximum absolute atomic E-state index is 5.73. The van der Waals surface area contributed by atoms with Crippen LogP contribution in [0.5, 0.6) is 5.75 Å². The Bertz CT molecular complexity index is 479. The van der Waals surface area contributed by atoms with E-state index in [2.05, 4.69) is 50.3 Å². The number of benzene rings is 1.